The Hall–Kier alpha value is -1.66. The highest BCUT2D eigenvalue weighted by molar-refractivity contribution is 7.08. The van der Waals surface area contributed by atoms with Gasteiger partial charge in [-0.2, -0.15) is 22.7 Å². The second kappa shape index (κ2) is 5.11. The zero-order chi connectivity index (χ0) is 12.3. The van der Waals surface area contributed by atoms with E-state index in [0.29, 0.717) is 11.1 Å². The van der Waals surface area contributed by atoms with Gasteiger partial charge in [0.2, 0.25) is 5.91 Å². The van der Waals surface area contributed by atoms with Crippen LogP contribution in [0.1, 0.15) is 22.0 Å². The highest BCUT2D eigenvalue weighted by Crippen LogP contribution is 2.17. The van der Waals surface area contributed by atoms with Crippen LogP contribution < -0.4 is 11.1 Å². The maximum Gasteiger partial charge on any atom is 0.253 e. The van der Waals surface area contributed by atoms with E-state index in [1.807, 2.05) is 5.38 Å². The molecule has 0 saturated heterocycles. The quantitative estimate of drug-likeness (QED) is 0.885. The Morgan fingerprint density at radius 1 is 1.18 bits per heavy atom. The van der Waals surface area contributed by atoms with E-state index >= 15 is 0 Å². The van der Waals surface area contributed by atoms with E-state index in [0.717, 1.165) is 0 Å². The summed E-state index contributed by atoms with van der Waals surface area (Å²) in [6.07, 6.45) is 0. The van der Waals surface area contributed by atoms with Gasteiger partial charge in [0.05, 0.1) is 5.56 Å². The number of hydrogen-bond acceptors (Lipinski definition) is 4. The van der Waals surface area contributed by atoms with Gasteiger partial charge in [-0.1, -0.05) is 0 Å². The summed E-state index contributed by atoms with van der Waals surface area (Å²) in [5, 5.41) is 9.78. The van der Waals surface area contributed by atoms with Crippen molar-refractivity contribution in [1.82, 2.24) is 5.32 Å². The number of hydrogen-bond donors (Lipinski definition) is 2. The van der Waals surface area contributed by atoms with E-state index in [4.69, 9.17) is 5.73 Å². The number of nitrogens with two attached hydrogens (primary N) is 1. The van der Waals surface area contributed by atoms with E-state index < -0.39 is 11.9 Å². The van der Waals surface area contributed by atoms with Crippen molar-refractivity contribution < 1.29 is 9.59 Å². The molecule has 2 rings (SSSR count). The second-order valence-electron chi connectivity index (χ2n) is 3.38. The van der Waals surface area contributed by atoms with Gasteiger partial charge < -0.3 is 11.1 Å². The molecule has 0 aliphatic carbocycles. The minimum absolute atomic E-state index is 0.291. The molecule has 4 nitrogen and oxygen atoms in total. The first-order valence-electron chi connectivity index (χ1n) is 4.83. The van der Waals surface area contributed by atoms with Crippen LogP contribution in [-0.2, 0) is 4.79 Å². The molecule has 0 saturated carbocycles. The monoisotopic (exact) mass is 266 g/mol. The average molecular weight is 266 g/mol. The number of primary amides is 1. The number of thiophene rings is 2. The lowest BCUT2D eigenvalue weighted by atomic mass is 10.1. The third kappa shape index (κ3) is 2.72. The van der Waals surface area contributed by atoms with E-state index in [-0.39, 0.29) is 5.91 Å². The normalized spacial score (nSPS) is 12.0. The van der Waals surface area contributed by atoms with Crippen molar-refractivity contribution in [2.45, 2.75) is 6.04 Å². The summed E-state index contributed by atoms with van der Waals surface area (Å²) in [6.45, 7) is 0. The maximum atomic E-state index is 11.8. The van der Waals surface area contributed by atoms with E-state index in [2.05, 4.69) is 5.32 Å². The van der Waals surface area contributed by atoms with Gasteiger partial charge >= 0.3 is 0 Å². The lowest BCUT2D eigenvalue weighted by Gasteiger charge is -2.13. The van der Waals surface area contributed by atoms with Crippen LogP contribution >= 0.6 is 22.7 Å². The first-order chi connectivity index (χ1) is 8.18. The summed E-state index contributed by atoms with van der Waals surface area (Å²) in [6, 6.07) is 2.70. The molecule has 0 bridgehead atoms. The van der Waals surface area contributed by atoms with Crippen molar-refractivity contribution in [2.75, 3.05) is 0 Å². The predicted molar refractivity (Wildman–Crippen MR) is 68.0 cm³/mol. The molecule has 6 heteroatoms. The first kappa shape index (κ1) is 11.8. The number of amides is 2. The van der Waals surface area contributed by atoms with Crippen LogP contribution in [0, 0.1) is 0 Å². The van der Waals surface area contributed by atoms with Crippen LogP contribution in [0.2, 0.25) is 0 Å². The molecule has 0 aliphatic rings. The molecule has 2 amide bonds. The Kier molecular flexibility index (Phi) is 3.55. The molecule has 0 spiro atoms. The van der Waals surface area contributed by atoms with Crippen molar-refractivity contribution in [2.24, 2.45) is 5.73 Å². The number of carbonyl (C=O) groups is 2. The smallest absolute Gasteiger partial charge is 0.253 e. The van der Waals surface area contributed by atoms with Crippen molar-refractivity contribution in [3.63, 3.8) is 0 Å². The van der Waals surface area contributed by atoms with E-state index in [9.17, 15) is 9.59 Å². The van der Waals surface area contributed by atoms with Crippen molar-refractivity contribution >= 4 is 34.5 Å². The minimum atomic E-state index is -0.770. The van der Waals surface area contributed by atoms with Gasteiger partial charge in [-0.05, 0) is 33.8 Å². The molecule has 3 N–H and O–H groups in total. The molecule has 0 radical (unpaired) electrons. The number of carbonyl (C=O) groups excluding carboxylic acids is 2. The molecule has 0 aliphatic heterocycles. The fourth-order valence-electron chi connectivity index (χ4n) is 1.37. The Morgan fingerprint density at radius 3 is 2.41 bits per heavy atom. The summed E-state index contributed by atoms with van der Waals surface area (Å²) in [7, 11) is 0. The highest BCUT2D eigenvalue weighted by atomic mass is 32.1. The minimum Gasteiger partial charge on any atom is -0.368 e. The fourth-order valence-corrected chi connectivity index (χ4v) is 2.69. The van der Waals surface area contributed by atoms with Gasteiger partial charge in [0.15, 0.2) is 0 Å². The Bertz CT molecular complexity index is 506. The molecule has 17 heavy (non-hydrogen) atoms. The molecule has 0 fully saturated rings. The van der Waals surface area contributed by atoms with Gasteiger partial charge in [0, 0.05) is 5.38 Å². The molecule has 1 unspecified atom stereocenters. The fraction of sp³-hybridized carbons (Fsp3) is 0.0909. The number of rotatable bonds is 4. The first-order valence-corrected chi connectivity index (χ1v) is 6.71. The summed E-state index contributed by atoms with van der Waals surface area (Å²) in [5.41, 5.74) is 6.54. The van der Waals surface area contributed by atoms with Crippen LogP contribution in [0.5, 0.6) is 0 Å². The van der Waals surface area contributed by atoms with Gasteiger partial charge in [0.25, 0.3) is 5.91 Å². The highest BCUT2D eigenvalue weighted by Gasteiger charge is 2.21. The van der Waals surface area contributed by atoms with Gasteiger partial charge in [0.1, 0.15) is 6.04 Å². The summed E-state index contributed by atoms with van der Waals surface area (Å²) < 4.78 is 0. The number of nitrogens with one attached hydrogen (secondary N) is 1. The van der Waals surface area contributed by atoms with E-state index in [1.165, 1.54) is 22.7 Å². The molecular weight excluding hydrogens is 256 g/mol. The summed E-state index contributed by atoms with van der Waals surface area (Å²) in [5.74, 6) is -0.853. The Labute approximate surface area is 106 Å². The predicted octanol–water partition coefficient (Wildman–Crippen LogP) is 1.77. The zero-order valence-corrected chi connectivity index (χ0v) is 10.4. The summed E-state index contributed by atoms with van der Waals surface area (Å²) >= 11 is 2.88. The Morgan fingerprint density at radius 2 is 1.88 bits per heavy atom. The second-order valence-corrected chi connectivity index (χ2v) is 4.94. The molecule has 0 aromatic carbocycles. The van der Waals surface area contributed by atoms with Crippen molar-refractivity contribution in [3.8, 4) is 0 Å². The molecule has 88 valence electrons. The average Bonchev–Trinajstić information content (AvgIpc) is 2.97. The van der Waals surface area contributed by atoms with Crippen LogP contribution in [-0.4, -0.2) is 11.8 Å². The van der Waals surface area contributed by atoms with E-state index in [1.54, 1.807) is 28.3 Å². The molecule has 2 heterocycles. The Balaban J connectivity index is 2.14. The SMILES string of the molecule is NC(=O)C(NC(=O)c1ccsc1)c1ccsc1. The van der Waals surface area contributed by atoms with Gasteiger partial charge in [-0.3, -0.25) is 9.59 Å². The van der Waals surface area contributed by atoms with Crippen LogP contribution in [0.4, 0.5) is 0 Å². The maximum absolute atomic E-state index is 11.8. The third-order valence-corrected chi connectivity index (χ3v) is 3.60. The van der Waals surface area contributed by atoms with Gasteiger partial charge in [-0.25, -0.2) is 0 Å². The molecule has 1 atom stereocenters. The van der Waals surface area contributed by atoms with Crippen LogP contribution in [0.3, 0.4) is 0 Å². The lowest BCUT2D eigenvalue weighted by molar-refractivity contribution is -0.119. The lowest BCUT2D eigenvalue weighted by Crippen LogP contribution is -2.37. The molecule has 2 aromatic rings. The molecule has 2 aromatic heterocycles. The topological polar surface area (TPSA) is 72.2 Å². The molecular formula is C11H10N2O2S2. The third-order valence-electron chi connectivity index (χ3n) is 2.22. The largest absolute Gasteiger partial charge is 0.368 e. The van der Waals surface area contributed by atoms with Crippen LogP contribution in [0.15, 0.2) is 33.7 Å². The van der Waals surface area contributed by atoms with Crippen molar-refractivity contribution in [3.05, 3.63) is 44.8 Å². The van der Waals surface area contributed by atoms with Gasteiger partial charge in [-0.15, -0.1) is 0 Å². The zero-order valence-electron chi connectivity index (χ0n) is 8.75. The standard InChI is InChI=1S/C11H10N2O2S2/c12-10(14)9(7-1-3-16-5-7)13-11(15)8-2-4-17-6-8/h1-6,9H,(H2,12,14)(H,13,15). The van der Waals surface area contributed by atoms with Crippen molar-refractivity contribution in [1.29, 1.82) is 0 Å². The van der Waals surface area contributed by atoms with Crippen LogP contribution in [0.25, 0.3) is 0 Å². The summed E-state index contributed by atoms with van der Waals surface area (Å²) in [4.78, 5) is 23.1.